The Kier molecular flexibility index (Phi) is 5.96. The highest BCUT2D eigenvalue weighted by atomic mass is 16.5. The lowest BCUT2D eigenvalue weighted by molar-refractivity contribution is 0.0919. The number of hydrogen-bond acceptors (Lipinski definition) is 3. The molecule has 0 spiro atoms. The molecule has 0 atom stereocenters. The summed E-state index contributed by atoms with van der Waals surface area (Å²) in [5.74, 6) is 0.568. The molecule has 1 aliphatic rings. The molecule has 0 radical (unpaired) electrons. The van der Waals surface area contributed by atoms with Crippen LogP contribution in [0.5, 0.6) is 5.75 Å². The monoisotopic (exact) mass is 367 g/mol. The fraction of sp³-hybridized carbons (Fsp3) is 0.333. The zero-order valence-electron chi connectivity index (χ0n) is 15.7. The topological polar surface area (TPSA) is 70.7 Å². The Morgan fingerprint density at radius 3 is 2.37 bits per heavy atom. The lowest BCUT2D eigenvalue weighted by Gasteiger charge is -2.32. The van der Waals surface area contributed by atoms with E-state index in [4.69, 9.17) is 4.74 Å². The molecule has 1 saturated heterocycles. The van der Waals surface area contributed by atoms with Crippen LogP contribution in [0.1, 0.15) is 28.8 Å². The second-order valence-electron chi connectivity index (χ2n) is 6.73. The molecular weight excluding hydrogens is 342 g/mol. The van der Waals surface area contributed by atoms with Gasteiger partial charge in [-0.3, -0.25) is 4.79 Å². The van der Waals surface area contributed by atoms with Gasteiger partial charge in [-0.15, -0.1) is 0 Å². The van der Waals surface area contributed by atoms with Crippen molar-refractivity contribution in [2.45, 2.75) is 25.8 Å². The van der Waals surface area contributed by atoms with Crippen LogP contribution in [0, 0.1) is 6.92 Å². The maximum atomic E-state index is 12.5. The van der Waals surface area contributed by atoms with Crippen LogP contribution < -0.4 is 15.4 Å². The van der Waals surface area contributed by atoms with Crippen LogP contribution in [-0.4, -0.2) is 43.1 Å². The third kappa shape index (κ3) is 4.78. The van der Waals surface area contributed by atoms with Crippen LogP contribution in [0.3, 0.4) is 0 Å². The summed E-state index contributed by atoms with van der Waals surface area (Å²) >= 11 is 0. The minimum atomic E-state index is -0.150. The number of ether oxygens (including phenoxy) is 1. The van der Waals surface area contributed by atoms with Gasteiger partial charge in [0.25, 0.3) is 5.91 Å². The third-order valence-electron chi connectivity index (χ3n) is 4.78. The number of carbonyl (C=O) groups is 2. The molecule has 6 heteroatoms. The first-order chi connectivity index (χ1) is 13.1. The van der Waals surface area contributed by atoms with Crippen LogP contribution in [0.25, 0.3) is 0 Å². The maximum Gasteiger partial charge on any atom is 0.321 e. The number of anilines is 1. The third-order valence-corrected chi connectivity index (χ3v) is 4.78. The van der Waals surface area contributed by atoms with Crippen molar-refractivity contribution in [3.05, 3.63) is 59.7 Å². The number of rotatable bonds is 4. The van der Waals surface area contributed by atoms with Gasteiger partial charge in [0.05, 0.1) is 12.8 Å². The number of carbonyl (C=O) groups excluding carboxylic acids is 2. The maximum absolute atomic E-state index is 12.5. The second kappa shape index (κ2) is 8.58. The normalized spacial score (nSPS) is 14.5. The molecule has 0 aliphatic carbocycles. The Morgan fingerprint density at radius 2 is 1.70 bits per heavy atom. The molecule has 2 aromatic rings. The molecule has 2 aromatic carbocycles. The SMILES string of the molecule is COc1ccccc1NC(=O)N1CCC(NC(=O)c2ccc(C)cc2)CC1. The van der Waals surface area contributed by atoms with Gasteiger partial charge in [0, 0.05) is 24.7 Å². The van der Waals surface area contributed by atoms with E-state index in [1.807, 2.05) is 55.5 Å². The summed E-state index contributed by atoms with van der Waals surface area (Å²) in [7, 11) is 1.58. The Labute approximate surface area is 159 Å². The second-order valence-corrected chi connectivity index (χ2v) is 6.73. The van der Waals surface area contributed by atoms with Crippen molar-refractivity contribution in [2.24, 2.45) is 0 Å². The largest absolute Gasteiger partial charge is 0.495 e. The number of amides is 3. The van der Waals surface area contributed by atoms with Crippen LogP contribution >= 0.6 is 0 Å². The van der Waals surface area contributed by atoms with Gasteiger partial charge < -0.3 is 20.3 Å². The van der Waals surface area contributed by atoms with E-state index in [-0.39, 0.29) is 18.0 Å². The van der Waals surface area contributed by atoms with Crippen molar-refractivity contribution in [1.82, 2.24) is 10.2 Å². The molecule has 1 aliphatic heterocycles. The van der Waals surface area contributed by atoms with E-state index in [0.717, 1.165) is 18.4 Å². The fourth-order valence-electron chi connectivity index (χ4n) is 3.14. The van der Waals surface area contributed by atoms with E-state index in [1.54, 1.807) is 12.0 Å². The molecule has 0 aromatic heterocycles. The van der Waals surface area contributed by atoms with Gasteiger partial charge in [-0.25, -0.2) is 4.79 Å². The van der Waals surface area contributed by atoms with Gasteiger partial charge in [0.1, 0.15) is 5.75 Å². The number of para-hydroxylation sites is 2. The van der Waals surface area contributed by atoms with Crippen molar-refractivity contribution < 1.29 is 14.3 Å². The molecular formula is C21H25N3O3. The predicted octanol–water partition coefficient (Wildman–Crippen LogP) is 3.43. The molecule has 3 amide bonds. The van der Waals surface area contributed by atoms with Crippen molar-refractivity contribution in [2.75, 3.05) is 25.5 Å². The van der Waals surface area contributed by atoms with Crippen molar-refractivity contribution in [1.29, 1.82) is 0 Å². The van der Waals surface area contributed by atoms with Gasteiger partial charge in [-0.1, -0.05) is 29.8 Å². The first kappa shape index (κ1) is 18.8. The van der Waals surface area contributed by atoms with Gasteiger partial charge in [-0.05, 0) is 44.0 Å². The van der Waals surface area contributed by atoms with Crippen molar-refractivity contribution >= 4 is 17.6 Å². The number of benzene rings is 2. The Morgan fingerprint density at radius 1 is 1.04 bits per heavy atom. The van der Waals surface area contributed by atoms with Crippen LogP contribution in [0.15, 0.2) is 48.5 Å². The highest BCUT2D eigenvalue weighted by Gasteiger charge is 2.24. The molecule has 2 N–H and O–H groups in total. The van der Waals surface area contributed by atoms with E-state index in [2.05, 4.69) is 10.6 Å². The van der Waals surface area contributed by atoms with Gasteiger partial charge >= 0.3 is 6.03 Å². The predicted molar refractivity (Wildman–Crippen MR) is 105 cm³/mol. The summed E-state index contributed by atoms with van der Waals surface area (Å²) in [6, 6.07) is 14.8. The average molecular weight is 367 g/mol. The number of aryl methyl sites for hydroxylation is 1. The molecule has 0 bridgehead atoms. The number of methoxy groups -OCH3 is 1. The minimum absolute atomic E-state index is 0.0630. The van der Waals surface area contributed by atoms with Gasteiger partial charge in [0.2, 0.25) is 0 Å². The first-order valence-electron chi connectivity index (χ1n) is 9.13. The summed E-state index contributed by atoms with van der Waals surface area (Å²) < 4.78 is 5.26. The number of piperidine rings is 1. The molecule has 3 rings (SSSR count). The molecule has 1 heterocycles. The average Bonchev–Trinajstić information content (AvgIpc) is 2.69. The molecule has 142 valence electrons. The van der Waals surface area contributed by atoms with Gasteiger partial charge in [0.15, 0.2) is 0 Å². The Hall–Kier alpha value is -3.02. The number of urea groups is 1. The van der Waals surface area contributed by atoms with Crippen LogP contribution in [0.2, 0.25) is 0 Å². The van der Waals surface area contributed by atoms with Crippen molar-refractivity contribution in [3.63, 3.8) is 0 Å². The molecule has 0 unspecified atom stereocenters. The summed E-state index contributed by atoms with van der Waals surface area (Å²) in [5, 5.41) is 5.96. The minimum Gasteiger partial charge on any atom is -0.495 e. The highest BCUT2D eigenvalue weighted by molar-refractivity contribution is 5.94. The van der Waals surface area contributed by atoms with Crippen LogP contribution in [-0.2, 0) is 0 Å². The van der Waals surface area contributed by atoms with E-state index in [9.17, 15) is 9.59 Å². The lowest BCUT2D eigenvalue weighted by Crippen LogP contribution is -2.47. The summed E-state index contributed by atoms with van der Waals surface area (Å²) in [5.41, 5.74) is 2.44. The zero-order valence-corrected chi connectivity index (χ0v) is 15.7. The van der Waals surface area contributed by atoms with E-state index in [0.29, 0.717) is 30.1 Å². The number of likely N-dealkylation sites (tertiary alicyclic amines) is 1. The Bertz CT molecular complexity index is 797. The van der Waals surface area contributed by atoms with Crippen molar-refractivity contribution in [3.8, 4) is 5.75 Å². The standard InChI is InChI=1S/C21H25N3O3/c1-15-7-9-16(10-8-15)20(25)22-17-11-13-24(14-12-17)21(26)23-18-5-3-4-6-19(18)27-2/h3-10,17H,11-14H2,1-2H3,(H,22,25)(H,23,26). The smallest absolute Gasteiger partial charge is 0.321 e. The quantitative estimate of drug-likeness (QED) is 0.870. The first-order valence-corrected chi connectivity index (χ1v) is 9.13. The van der Waals surface area contributed by atoms with E-state index < -0.39 is 0 Å². The number of nitrogens with zero attached hydrogens (tertiary/aromatic N) is 1. The zero-order chi connectivity index (χ0) is 19.2. The molecule has 6 nitrogen and oxygen atoms in total. The molecule has 0 saturated carbocycles. The van der Waals surface area contributed by atoms with Gasteiger partial charge in [-0.2, -0.15) is 0 Å². The van der Waals surface area contributed by atoms with E-state index >= 15 is 0 Å². The Balaban J connectivity index is 1.50. The summed E-state index contributed by atoms with van der Waals surface area (Å²) in [4.78, 5) is 26.6. The fourth-order valence-corrected chi connectivity index (χ4v) is 3.14. The lowest BCUT2D eigenvalue weighted by atomic mass is 10.0. The highest BCUT2D eigenvalue weighted by Crippen LogP contribution is 2.24. The summed E-state index contributed by atoms with van der Waals surface area (Å²) in [6.07, 6.45) is 1.47. The van der Waals surface area contributed by atoms with Crippen LogP contribution in [0.4, 0.5) is 10.5 Å². The number of hydrogen-bond donors (Lipinski definition) is 2. The molecule has 1 fully saturated rings. The van der Waals surface area contributed by atoms with E-state index in [1.165, 1.54) is 0 Å². The number of nitrogens with one attached hydrogen (secondary N) is 2. The summed E-state index contributed by atoms with van der Waals surface area (Å²) in [6.45, 7) is 3.19. The molecule has 27 heavy (non-hydrogen) atoms.